The molecular formula is C6H4S4+2. The lowest BCUT2D eigenvalue weighted by molar-refractivity contribution is 2.38. The Morgan fingerprint density at radius 3 is 1.70 bits per heavy atom. The summed E-state index contributed by atoms with van der Waals surface area (Å²) < 4.78 is 2.86. The Kier molecular flexibility index (Phi) is 2.04. The van der Waals surface area contributed by atoms with Crippen molar-refractivity contribution in [1.29, 1.82) is 0 Å². The predicted octanol–water partition coefficient (Wildman–Crippen LogP) is 4.16. The van der Waals surface area contributed by atoms with Crippen LogP contribution in [0.5, 0.6) is 0 Å². The van der Waals surface area contributed by atoms with Crippen LogP contribution < -0.4 is 0 Å². The Morgan fingerprint density at radius 2 is 1.40 bits per heavy atom. The fourth-order valence-electron chi connectivity index (χ4n) is 0.606. The Hall–Kier alpha value is 0.1000. The molecule has 50 valence electrons. The highest BCUT2D eigenvalue weighted by atomic mass is 32.2. The third kappa shape index (κ3) is 1.25. The lowest BCUT2D eigenvalue weighted by Crippen LogP contribution is -1.46. The van der Waals surface area contributed by atoms with Crippen molar-refractivity contribution in [2.24, 2.45) is 0 Å². The molecule has 2 aromatic heterocycles. The van der Waals surface area contributed by atoms with Crippen molar-refractivity contribution in [3.8, 4) is 8.38 Å². The molecule has 0 radical (unpaired) electrons. The Morgan fingerprint density at radius 1 is 0.900 bits per heavy atom. The first-order chi connectivity index (χ1) is 4.97. The van der Waals surface area contributed by atoms with Crippen molar-refractivity contribution in [3.63, 3.8) is 0 Å². The second-order valence-corrected chi connectivity index (χ2v) is 5.77. The molecular weight excluding hydrogens is 200 g/mol. The SMILES string of the molecule is c1c[s+]c(-c2scc[s+]2)s1. The van der Waals surface area contributed by atoms with Gasteiger partial charge in [-0.1, -0.05) is 0 Å². The van der Waals surface area contributed by atoms with E-state index in [4.69, 9.17) is 0 Å². The van der Waals surface area contributed by atoms with Gasteiger partial charge >= 0.3 is 8.38 Å². The second-order valence-electron chi connectivity index (χ2n) is 1.59. The van der Waals surface area contributed by atoms with Gasteiger partial charge in [0.25, 0.3) is 0 Å². The lowest BCUT2D eigenvalue weighted by atomic mass is 10.9. The molecule has 0 atom stereocenters. The summed E-state index contributed by atoms with van der Waals surface area (Å²) in [6.07, 6.45) is 0. The van der Waals surface area contributed by atoms with Gasteiger partial charge in [0.05, 0.1) is 45.3 Å². The average Bonchev–Trinajstić information content (AvgIpc) is 2.59. The topological polar surface area (TPSA) is 0 Å². The van der Waals surface area contributed by atoms with Crippen LogP contribution in [0.15, 0.2) is 21.5 Å². The number of hydrogen-bond donors (Lipinski definition) is 0. The maximum Gasteiger partial charge on any atom is 0.351 e. The fourth-order valence-corrected chi connectivity index (χ4v) is 4.64. The minimum absolute atomic E-state index is 1.43. The maximum absolute atomic E-state index is 2.13. The average molecular weight is 204 g/mol. The molecule has 0 nitrogen and oxygen atoms in total. The molecule has 0 aromatic carbocycles. The summed E-state index contributed by atoms with van der Waals surface area (Å²) in [4.78, 5) is 0. The highest BCUT2D eigenvalue weighted by molar-refractivity contribution is 7.43. The third-order valence-corrected chi connectivity index (χ3v) is 5.76. The summed E-state index contributed by atoms with van der Waals surface area (Å²) >= 11 is 7.28. The first-order valence-electron chi connectivity index (χ1n) is 2.68. The largest absolute Gasteiger partial charge is 0.351 e. The summed E-state index contributed by atoms with van der Waals surface area (Å²) in [6, 6.07) is 0. The molecule has 2 heterocycles. The molecule has 0 saturated carbocycles. The summed E-state index contributed by atoms with van der Waals surface area (Å²) in [6.45, 7) is 0. The van der Waals surface area contributed by atoms with Crippen LogP contribution in [0.2, 0.25) is 0 Å². The van der Waals surface area contributed by atoms with E-state index < -0.39 is 0 Å². The molecule has 0 amide bonds. The van der Waals surface area contributed by atoms with E-state index in [1.54, 1.807) is 0 Å². The molecule has 0 fully saturated rings. The van der Waals surface area contributed by atoms with Gasteiger partial charge in [0.1, 0.15) is 21.5 Å². The van der Waals surface area contributed by atoms with Crippen LogP contribution in [0.3, 0.4) is 0 Å². The van der Waals surface area contributed by atoms with Gasteiger partial charge in [-0.05, 0) is 0 Å². The zero-order valence-corrected chi connectivity index (χ0v) is 8.21. The van der Waals surface area contributed by atoms with Crippen molar-refractivity contribution in [2.45, 2.75) is 0 Å². The van der Waals surface area contributed by atoms with E-state index >= 15 is 0 Å². The van der Waals surface area contributed by atoms with Crippen LogP contribution in [0.4, 0.5) is 0 Å². The first kappa shape index (κ1) is 6.79. The molecule has 0 spiro atoms. The second kappa shape index (κ2) is 3.00. The van der Waals surface area contributed by atoms with Crippen molar-refractivity contribution in [3.05, 3.63) is 21.5 Å². The van der Waals surface area contributed by atoms with Crippen LogP contribution in [0.1, 0.15) is 0 Å². The highest BCUT2D eigenvalue weighted by Crippen LogP contribution is 2.35. The molecule has 4 heteroatoms. The van der Waals surface area contributed by atoms with Gasteiger partial charge in [0.2, 0.25) is 0 Å². The molecule has 0 saturated heterocycles. The molecule has 10 heavy (non-hydrogen) atoms. The summed E-state index contributed by atoms with van der Waals surface area (Å²) in [5.41, 5.74) is 0. The standard InChI is InChI=1S/C6H4S4/c1-2-8-5(7-1)6-9-3-4-10-6/h1-4H/q+2. The van der Waals surface area contributed by atoms with E-state index in [2.05, 4.69) is 21.5 Å². The molecule has 0 aliphatic heterocycles. The minimum atomic E-state index is 1.43. The quantitative estimate of drug-likeness (QED) is 0.612. The van der Waals surface area contributed by atoms with Crippen LogP contribution in [-0.4, -0.2) is 0 Å². The lowest BCUT2D eigenvalue weighted by Gasteiger charge is -1.59. The van der Waals surface area contributed by atoms with E-state index in [1.807, 2.05) is 45.3 Å². The third-order valence-electron chi connectivity index (χ3n) is 0.978. The van der Waals surface area contributed by atoms with Gasteiger partial charge < -0.3 is 0 Å². The highest BCUT2D eigenvalue weighted by Gasteiger charge is 2.20. The molecule has 0 unspecified atom stereocenters. The van der Waals surface area contributed by atoms with Gasteiger partial charge in [-0.2, -0.15) is 0 Å². The number of hydrogen-bond acceptors (Lipinski definition) is 2. The van der Waals surface area contributed by atoms with E-state index in [0.29, 0.717) is 0 Å². The summed E-state index contributed by atoms with van der Waals surface area (Å²) in [7, 11) is 0. The van der Waals surface area contributed by atoms with Crippen molar-refractivity contribution >= 4 is 45.3 Å². The van der Waals surface area contributed by atoms with Gasteiger partial charge in [-0.25, -0.2) is 0 Å². The Labute approximate surface area is 75.1 Å². The van der Waals surface area contributed by atoms with Crippen molar-refractivity contribution in [2.75, 3.05) is 0 Å². The van der Waals surface area contributed by atoms with Crippen LogP contribution >= 0.6 is 45.3 Å². The molecule has 0 aliphatic carbocycles. The van der Waals surface area contributed by atoms with E-state index in [0.717, 1.165) is 0 Å². The van der Waals surface area contributed by atoms with E-state index in [1.165, 1.54) is 8.38 Å². The van der Waals surface area contributed by atoms with Crippen LogP contribution in [0, 0.1) is 0 Å². The van der Waals surface area contributed by atoms with Crippen molar-refractivity contribution in [1.82, 2.24) is 0 Å². The molecule has 0 N–H and O–H groups in total. The van der Waals surface area contributed by atoms with Crippen LogP contribution in [0.25, 0.3) is 8.38 Å². The predicted molar refractivity (Wildman–Crippen MR) is 52.2 cm³/mol. The molecule has 0 bridgehead atoms. The Bertz CT molecular complexity index is 249. The first-order valence-corrected chi connectivity index (χ1v) is 6.19. The van der Waals surface area contributed by atoms with E-state index in [-0.39, 0.29) is 0 Å². The zero-order chi connectivity index (χ0) is 6.81. The molecule has 2 rings (SSSR count). The van der Waals surface area contributed by atoms with Gasteiger partial charge in [-0.3, -0.25) is 0 Å². The monoisotopic (exact) mass is 204 g/mol. The summed E-state index contributed by atoms with van der Waals surface area (Å²) in [5, 5.41) is 8.53. The van der Waals surface area contributed by atoms with E-state index in [9.17, 15) is 0 Å². The number of rotatable bonds is 1. The van der Waals surface area contributed by atoms with Gasteiger partial charge in [0, 0.05) is 0 Å². The Balaban J connectivity index is 2.48. The van der Waals surface area contributed by atoms with Crippen LogP contribution in [-0.2, 0) is 0 Å². The fraction of sp³-hybridized carbons (Fsp3) is 0. The minimum Gasteiger partial charge on any atom is 0.0926 e. The van der Waals surface area contributed by atoms with Gasteiger partial charge in [-0.15, -0.1) is 0 Å². The smallest absolute Gasteiger partial charge is 0.0926 e. The summed E-state index contributed by atoms with van der Waals surface area (Å²) in [5.74, 6) is 0. The maximum atomic E-state index is 2.13. The van der Waals surface area contributed by atoms with Crippen molar-refractivity contribution < 1.29 is 0 Å². The van der Waals surface area contributed by atoms with Gasteiger partial charge in [0.15, 0.2) is 0 Å². The zero-order valence-electron chi connectivity index (χ0n) is 4.94. The normalized spacial score (nSPS) is 10.0. The molecule has 0 aliphatic rings. The molecule has 2 aromatic rings.